The maximum Gasteiger partial charge on any atom is 0.216 e. The van der Waals surface area contributed by atoms with Crippen LogP contribution in [0.1, 0.15) is 16.8 Å². The molecule has 0 fully saturated rings. The van der Waals surface area contributed by atoms with E-state index in [1.54, 1.807) is 11.8 Å². The van der Waals surface area contributed by atoms with Crippen molar-refractivity contribution in [1.82, 2.24) is 14.9 Å². The molecule has 3 aromatic carbocycles. The summed E-state index contributed by atoms with van der Waals surface area (Å²) in [6.07, 6.45) is 0. The van der Waals surface area contributed by atoms with Gasteiger partial charge in [0.15, 0.2) is 5.82 Å². The van der Waals surface area contributed by atoms with Gasteiger partial charge in [0, 0.05) is 11.0 Å². The van der Waals surface area contributed by atoms with E-state index in [0.29, 0.717) is 0 Å². The average Bonchev–Trinajstić information content (AvgIpc) is 3.32. The Morgan fingerprint density at radius 2 is 1.62 bits per heavy atom. The number of rotatable bonds is 1. The first-order valence-electron chi connectivity index (χ1n) is 8.47. The lowest BCUT2D eigenvalue weighted by atomic mass is 9.96. The molecule has 6 rings (SSSR count). The molecule has 0 bridgehead atoms. The minimum absolute atomic E-state index is 0.171. The van der Waals surface area contributed by atoms with Crippen LogP contribution in [-0.2, 0) is 0 Å². The van der Waals surface area contributed by atoms with Crippen LogP contribution >= 0.6 is 23.5 Å². The molecule has 1 atom stereocenters. The highest BCUT2D eigenvalue weighted by Gasteiger charge is 2.40. The zero-order valence-electron chi connectivity index (χ0n) is 14.0. The van der Waals surface area contributed by atoms with Crippen molar-refractivity contribution >= 4 is 45.1 Å². The van der Waals surface area contributed by atoms with E-state index in [1.807, 2.05) is 18.7 Å². The second-order valence-electron chi connectivity index (χ2n) is 6.47. The molecule has 4 nitrogen and oxygen atoms in total. The molecule has 1 aromatic heterocycles. The lowest BCUT2D eigenvalue weighted by Gasteiger charge is -2.27. The minimum Gasteiger partial charge on any atom is -0.252 e. The van der Waals surface area contributed by atoms with Crippen LogP contribution in [0.2, 0.25) is 0 Å². The van der Waals surface area contributed by atoms with Gasteiger partial charge in [-0.2, -0.15) is 0 Å². The normalized spacial score (nSPS) is 18.4. The highest BCUT2D eigenvalue weighted by atomic mass is 32.2. The van der Waals surface area contributed by atoms with Crippen molar-refractivity contribution in [3.05, 3.63) is 76.4 Å². The predicted molar refractivity (Wildman–Crippen MR) is 109 cm³/mol. The number of benzene rings is 3. The Morgan fingerprint density at radius 1 is 0.923 bits per heavy atom. The van der Waals surface area contributed by atoms with Gasteiger partial charge in [0.05, 0.1) is 0 Å². The Labute approximate surface area is 158 Å². The zero-order valence-corrected chi connectivity index (χ0v) is 15.6. The van der Waals surface area contributed by atoms with Gasteiger partial charge in [0.25, 0.3) is 0 Å². The van der Waals surface area contributed by atoms with Crippen molar-refractivity contribution in [2.45, 2.75) is 17.5 Å². The van der Waals surface area contributed by atoms with Crippen molar-refractivity contribution in [2.24, 2.45) is 0 Å². The fourth-order valence-electron chi connectivity index (χ4n) is 3.87. The molecular weight excluding hydrogens is 360 g/mol. The number of aromatic nitrogens is 3. The summed E-state index contributed by atoms with van der Waals surface area (Å²) in [4.78, 5) is 0. The van der Waals surface area contributed by atoms with Crippen LogP contribution in [0.25, 0.3) is 21.5 Å². The van der Waals surface area contributed by atoms with Crippen molar-refractivity contribution in [3.63, 3.8) is 0 Å². The molecule has 0 N–H and O–H groups in total. The van der Waals surface area contributed by atoms with E-state index in [1.165, 1.54) is 32.1 Å². The lowest BCUT2D eigenvalue weighted by molar-refractivity contribution is 0.621. The molecule has 1 unspecified atom stereocenters. The molecule has 0 amide bonds. The Hall–Kier alpha value is -2.44. The van der Waals surface area contributed by atoms with Gasteiger partial charge in [-0.3, -0.25) is 5.01 Å². The summed E-state index contributed by atoms with van der Waals surface area (Å²) in [5.74, 6) is 0.924. The lowest BCUT2D eigenvalue weighted by Crippen LogP contribution is -2.30. The standard InChI is InChI=1S/C20H14N4S2/c1-12-21-22-20-23(12)24-17(26-20)11-25-19(24)18-15-8-4-2-6-13(15)10-14-7-3-5-9-16(14)18/h2-11,19H,1H3. The monoisotopic (exact) mass is 374 g/mol. The van der Waals surface area contributed by atoms with Crippen molar-refractivity contribution in [1.29, 1.82) is 0 Å². The Balaban J connectivity index is 1.66. The minimum atomic E-state index is 0.171. The van der Waals surface area contributed by atoms with Crippen LogP contribution in [0.5, 0.6) is 0 Å². The molecule has 0 spiro atoms. The van der Waals surface area contributed by atoms with Crippen molar-refractivity contribution in [3.8, 4) is 0 Å². The summed E-state index contributed by atoms with van der Waals surface area (Å²) in [7, 11) is 0. The summed E-state index contributed by atoms with van der Waals surface area (Å²) >= 11 is 3.55. The summed E-state index contributed by atoms with van der Waals surface area (Å²) in [5, 5.41) is 20.7. The summed E-state index contributed by atoms with van der Waals surface area (Å²) < 4.78 is 2.15. The Kier molecular flexibility index (Phi) is 2.99. The number of nitrogens with zero attached hydrogens (tertiary/aromatic N) is 4. The number of hydrogen-bond donors (Lipinski definition) is 0. The summed E-state index contributed by atoms with van der Waals surface area (Å²) in [5.41, 5.74) is 1.36. The zero-order chi connectivity index (χ0) is 17.3. The van der Waals surface area contributed by atoms with E-state index < -0.39 is 0 Å². The first kappa shape index (κ1) is 14.7. The van der Waals surface area contributed by atoms with Crippen LogP contribution in [0.3, 0.4) is 0 Å². The third-order valence-electron chi connectivity index (χ3n) is 4.98. The Morgan fingerprint density at radius 3 is 2.35 bits per heavy atom. The predicted octanol–water partition coefficient (Wildman–Crippen LogP) is 5.18. The second kappa shape index (κ2) is 5.28. The van der Waals surface area contributed by atoms with E-state index in [0.717, 1.165) is 11.0 Å². The maximum atomic E-state index is 4.32. The van der Waals surface area contributed by atoms with Gasteiger partial charge >= 0.3 is 0 Å². The second-order valence-corrected chi connectivity index (χ2v) is 8.41. The molecule has 0 radical (unpaired) electrons. The van der Waals surface area contributed by atoms with E-state index in [4.69, 9.17) is 0 Å². The Bertz CT molecular complexity index is 1170. The maximum absolute atomic E-state index is 4.32. The first-order chi connectivity index (χ1) is 12.8. The SMILES string of the molecule is Cc1nnc2n1N1C(=CSC1c1c3ccccc3cc3ccccc13)S2. The van der Waals surface area contributed by atoms with Gasteiger partial charge in [-0.05, 0) is 46.3 Å². The highest BCUT2D eigenvalue weighted by Crippen LogP contribution is 2.53. The number of aryl methyl sites for hydroxylation is 1. The van der Waals surface area contributed by atoms with Crippen molar-refractivity contribution in [2.75, 3.05) is 5.01 Å². The first-order valence-corrected chi connectivity index (χ1v) is 10.2. The molecule has 0 saturated heterocycles. The number of fused-ring (bicyclic) bond motifs is 5. The molecule has 4 aromatic rings. The number of thioether (sulfide) groups is 2. The smallest absolute Gasteiger partial charge is 0.216 e. The van der Waals surface area contributed by atoms with Crippen LogP contribution < -0.4 is 5.01 Å². The summed E-state index contributed by atoms with van der Waals surface area (Å²) in [6, 6.07) is 19.6. The van der Waals surface area contributed by atoms with Gasteiger partial charge in [-0.25, -0.2) is 4.68 Å². The van der Waals surface area contributed by atoms with Crippen LogP contribution in [0, 0.1) is 6.92 Å². The van der Waals surface area contributed by atoms with Crippen LogP contribution in [-0.4, -0.2) is 14.9 Å². The van der Waals surface area contributed by atoms with E-state index >= 15 is 0 Å². The molecule has 2 aliphatic rings. The quantitative estimate of drug-likeness (QED) is 0.429. The van der Waals surface area contributed by atoms with Crippen molar-refractivity contribution < 1.29 is 0 Å². The topological polar surface area (TPSA) is 34.0 Å². The molecule has 0 saturated carbocycles. The average molecular weight is 374 g/mol. The van der Waals surface area contributed by atoms with E-state index in [2.05, 4.69) is 79.9 Å². The molecule has 0 aliphatic carbocycles. The highest BCUT2D eigenvalue weighted by molar-refractivity contribution is 8.07. The van der Waals surface area contributed by atoms with E-state index in [-0.39, 0.29) is 5.37 Å². The fourth-order valence-corrected chi connectivity index (χ4v) is 6.22. The number of hydrogen-bond acceptors (Lipinski definition) is 5. The third-order valence-corrected chi connectivity index (χ3v) is 7.14. The molecule has 6 heteroatoms. The molecule has 2 aliphatic heterocycles. The van der Waals surface area contributed by atoms with E-state index in [9.17, 15) is 0 Å². The van der Waals surface area contributed by atoms with Crippen LogP contribution in [0.4, 0.5) is 0 Å². The van der Waals surface area contributed by atoms with Gasteiger partial charge in [-0.15, -0.1) is 10.2 Å². The molecule has 126 valence electrons. The largest absolute Gasteiger partial charge is 0.252 e. The van der Waals surface area contributed by atoms with Gasteiger partial charge in [-0.1, -0.05) is 60.3 Å². The third kappa shape index (κ3) is 1.88. The summed E-state index contributed by atoms with van der Waals surface area (Å²) in [6.45, 7) is 2.02. The van der Waals surface area contributed by atoms with Gasteiger partial charge in [0.2, 0.25) is 5.16 Å². The van der Waals surface area contributed by atoms with Gasteiger partial charge < -0.3 is 0 Å². The fraction of sp³-hybridized carbons (Fsp3) is 0.100. The molecule has 26 heavy (non-hydrogen) atoms. The van der Waals surface area contributed by atoms with Crippen LogP contribution in [0.15, 0.2) is 70.2 Å². The van der Waals surface area contributed by atoms with Gasteiger partial charge in [0.1, 0.15) is 10.4 Å². The molecular formula is C20H14N4S2. The molecule has 3 heterocycles.